The molecule has 0 aromatic carbocycles. The lowest BCUT2D eigenvalue weighted by atomic mass is 10.2. The van der Waals surface area contributed by atoms with Gasteiger partial charge >= 0.3 is 0 Å². The lowest BCUT2D eigenvalue weighted by Crippen LogP contribution is -1.97. The van der Waals surface area contributed by atoms with E-state index in [1.165, 1.54) is 6.08 Å². The topological polar surface area (TPSA) is 66.7 Å². The molecule has 0 aliphatic heterocycles. The fourth-order valence-corrected chi connectivity index (χ4v) is 1.27. The maximum atomic E-state index is 10.5. The molecular weight excluding hydrogens is 165 g/mol. The van der Waals surface area contributed by atoms with Crippen molar-refractivity contribution < 1.29 is 14.3 Å². The van der Waals surface area contributed by atoms with Gasteiger partial charge in [-0.25, -0.2) is 4.79 Å². The smallest absolute Gasteiger partial charge is 0.235 e. The van der Waals surface area contributed by atoms with E-state index < -0.39 is 13.8 Å². The summed E-state index contributed by atoms with van der Waals surface area (Å²) in [5.74, 6) is -0.838. The highest BCUT2D eigenvalue weighted by atomic mass is 31.1. The lowest BCUT2D eigenvalue weighted by molar-refractivity contribution is 0.487. The molecule has 0 aromatic rings. The van der Waals surface area contributed by atoms with Crippen molar-refractivity contribution in [3.05, 3.63) is 12.2 Å². The summed E-state index contributed by atoms with van der Waals surface area (Å²) in [6.45, 7) is 5.24. The average Bonchev–Trinajstić information content (AvgIpc) is 1.86. The van der Waals surface area contributed by atoms with Crippen LogP contribution in [0.2, 0.25) is 0 Å². The molecule has 2 atom stereocenters. The van der Waals surface area contributed by atoms with E-state index in [4.69, 9.17) is 4.89 Å². The minimum absolute atomic E-state index is 0.267. The van der Waals surface area contributed by atoms with Crippen LogP contribution in [0.25, 0.3) is 0 Å². The van der Waals surface area contributed by atoms with Gasteiger partial charge in [-0.05, 0) is 6.92 Å². The SMILES string of the molecule is C=C(C)CC(N=C=O)[PH](=O)O. The molecule has 0 saturated carbocycles. The van der Waals surface area contributed by atoms with Crippen molar-refractivity contribution in [2.45, 2.75) is 19.1 Å². The maximum Gasteiger partial charge on any atom is 0.235 e. The Balaban J connectivity index is 4.22. The summed E-state index contributed by atoms with van der Waals surface area (Å²) in [5.41, 5.74) is 0.724. The molecule has 0 bridgehead atoms. The van der Waals surface area contributed by atoms with Crippen molar-refractivity contribution >= 4 is 14.1 Å². The van der Waals surface area contributed by atoms with E-state index in [2.05, 4.69) is 11.6 Å². The molecule has 0 aromatic heterocycles. The fourth-order valence-electron chi connectivity index (χ4n) is 0.582. The van der Waals surface area contributed by atoms with Gasteiger partial charge in [0.1, 0.15) is 5.78 Å². The zero-order valence-electron chi connectivity index (χ0n) is 6.20. The van der Waals surface area contributed by atoms with Gasteiger partial charge in [0.25, 0.3) is 0 Å². The number of carbonyl (C=O) groups excluding carboxylic acids is 1. The molecule has 0 heterocycles. The summed E-state index contributed by atoms with van der Waals surface area (Å²) in [7, 11) is -2.77. The second-order valence-corrected chi connectivity index (χ2v) is 3.58. The number of hydrogen-bond acceptors (Lipinski definition) is 3. The maximum absolute atomic E-state index is 10.5. The minimum Gasteiger partial charge on any atom is -0.345 e. The van der Waals surface area contributed by atoms with Crippen LogP contribution < -0.4 is 0 Å². The standard InChI is InChI=1S/C6H10NO3P/c1-5(2)3-6(7-4-8)11(9)10/h6,11H,1,3H2,2H3,(H,9,10). The van der Waals surface area contributed by atoms with Crippen molar-refractivity contribution in [1.82, 2.24) is 0 Å². The van der Waals surface area contributed by atoms with Crippen LogP contribution in [-0.2, 0) is 9.36 Å². The highest BCUT2D eigenvalue weighted by Crippen LogP contribution is 2.27. The molecule has 0 amide bonds. The normalized spacial score (nSPS) is 14.7. The van der Waals surface area contributed by atoms with Gasteiger partial charge in [-0.3, -0.25) is 4.57 Å². The van der Waals surface area contributed by atoms with E-state index in [1.807, 2.05) is 0 Å². The van der Waals surface area contributed by atoms with Gasteiger partial charge in [0, 0.05) is 6.42 Å². The number of aliphatic imine (C=N–C) groups is 1. The van der Waals surface area contributed by atoms with Crippen LogP contribution in [0.4, 0.5) is 0 Å². The molecule has 0 rings (SSSR count). The third-order valence-electron chi connectivity index (χ3n) is 1.04. The molecule has 5 heteroatoms. The van der Waals surface area contributed by atoms with E-state index in [0.717, 1.165) is 5.57 Å². The van der Waals surface area contributed by atoms with Crippen LogP contribution in [0.3, 0.4) is 0 Å². The Hall–Kier alpha value is -0.690. The molecule has 62 valence electrons. The van der Waals surface area contributed by atoms with Gasteiger partial charge in [-0.1, -0.05) is 5.57 Å². The number of nitrogens with zero attached hydrogens (tertiary/aromatic N) is 1. The Morgan fingerprint density at radius 1 is 1.91 bits per heavy atom. The van der Waals surface area contributed by atoms with Crippen LogP contribution in [0, 0.1) is 0 Å². The lowest BCUT2D eigenvalue weighted by Gasteiger charge is -2.04. The quantitative estimate of drug-likeness (QED) is 0.301. The van der Waals surface area contributed by atoms with Crippen LogP contribution in [-0.4, -0.2) is 16.8 Å². The van der Waals surface area contributed by atoms with Crippen molar-refractivity contribution in [2.75, 3.05) is 0 Å². The molecule has 0 aliphatic carbocycles. The Bertz CT molecular complexity index is 218. The summed E-state index contributed by atoms with van der Waals surface area (Å²) in [5, 5.41) is 0. The summed E-state index contributed by atoms with van der Waals surface area (Å²) in [6, 6.07) is 0. The van der Waals surface area contributed by atoms with E-state index in [0.29, 0.717) is 0 Å². The van der Waals surface area contributed by atoms with Gasteiger partial charge in [0.2, 0.25) is 14.1 Å². The Labute approximate surface area is 65.5 Å². The van der Waals surface area contributed by atoms with Crippen LogP contribution >= 0.6 is 8.03 Å². The molecule has 0 fully saturated rings. The van der Waals surface area contributed by atoms with Crippen molar-refractivity contribution in [3.63, 3.8) is 0 Å². The van der Waals surface area contributed by atoms with Gasteiger partial charge in [0.15, 0.2) is 0 Å². The predicted octanol–water partition coefficient (Wildman–Crippen LogP) is 1.08. The Morgan fingerprint density at radius 3 is 2.73 bits per heavy atom. The first-order chi connectivity index (χ1) is 5.07. The molecule has 1 N–H and O–H groups in total. The van der Waals surface area contributed by atoms with Crippen LogP contribution in [0.5, 0.6) is 0 Å². The van der Waals surface area contributed by atoms with E-state index >= 15 is 0 Å². The Morgan fingerprint density at radius 2 is 2.45 bits per heavy atom. The monoisotopic (exact) mass is 175 g/mol. The summed E-state index contributed by atoms with van der Waals surface area (Å²) < 4.78 is 10.5. The van der Waals surface area contributed by atoms with E-state index in [-0.39, 0.29) is 6.42 Å². The largest absolute Gasteiger partial charge is 0.345 e. The van der Waals surface area contributed by atoms with Gasteiger partial charge in [-0.15, -0.1) is 6.58 Å². The van der Waals surface area contributed by atoms with Crippen molar-refractivity contribution in [2.24, 2.45) is 4.99 Å². The second-order valence-electron chi connectivity index (χ2n) is 2.24. The van der Waals surface area contributed by atoms with Gasteiger partial charge in [0.05, 0.1) is 0 Å². The van der Waals surface area contributed by atoms with Crippen molar-refractivity contribution in [1.29, 1.82) is 0 Å². The number of hydrogen-bond donors (Lipinski definition) is 1. The molecule has 0 radical (unpaired) electrons. The molecule has 2 unspecified atom stereocenters. The summed E-state index contributed by atoms with van der Waals surface area (Å²) in [4.78, 5) is 21.6. The van der Waals surface area contributed by atoms with Crippen LogP contribution in [0.15, 0.2) is 17.1 Å². The molecular formula is C6H10NO3P. The number of rotatable bonds is 4. The van der Waals surface area contributed by atoms with Crippen molar-refractivity contribution in [3.8, 4) is 0 Å². The summed E-state index contributed by atoms with van der Waals surface area (Å²) in [6.07, 6.45) is 1.52. The third kappa shape index (κ3) is 4.68. The highest BCUT2D eigenvalue weighted by molar-refractivity contribution is 7.38. The van der Waals surface area contributed by atoms with Gasteiger partial charge in [-0.2, -0.15) is 4.99 Å². The first kappa shape index (κ1) is 10.3. The third-order valence-corrected chi connectivity index (χ3v) is 1.94. The zero-order valence-corrected chi connectivity index (χ0v) is 7.20. The highest BCUT2D eigenvalue weighted by Gasteiger charge is 2.12. The van der Waals surface area contributed by atoms with E-state index in [9.17, 15) is 9.36 Å². The molecule has 0 spiro atoms. The second kappa shape index (κ2) is 5.03. The zero-order chi connectivity index (χ0) is 8.85. The number of isocyanates is 1. The molecule has 0 aliphatic rings. The van der Waals surface area contributed by atoms with Crippen LogP contribution in [0.1, 0.15) is 13.3 Å². The molecule has 4 nitrogen and oxygen atoms in total. The molecule has 0 saturated heterocycles. The first-order valence-electron chi connectivity index (χ1n) is 3.02. The van der Waals surface area contributed by atoms with Gasteiger partial charge < -0.3 is 4.89 Å². The first-order valence-corrected chi connectivity index (χ1v) is 4.45. The molecule has 11 heavy (non-hydrogen) atoms. The summed E-state index contributed by atoms with van der Waals surface area (Å²) >= 11 is 0. The fraction of sp³-hybridized carbons (Fsp3) is 0.500. The van der Waals surface area contributed by atoms with E-state index in [1.54, 1.807) is 6.92 Å². The Kier molecular flexibility index (Phi) is 4.71. The average molecular weight is 175 g/mol. The predicted molar refractivity (Wildman–Crippen MR) is 42.6 cm³/mol. The minimum atomic E-state index is -2.77.